The van der Waals surface area contributed by atoms with Gasteiger partial charge in [0.15, 0.2) is 0 Å². The van der Waals surface area contributed by atoms with E-state index in [2.05, 4.69) is 16.9 Å². The lowest BCUT2D eigenvalue weighted by Crippen LogP contribution is -1.94. The van der Waals surface area contributed by atoms with E-state index in [9.17, 15) is 0 Å². The van der Waals surface area contributed by atoms with E-state index < -0.39 is 0 Å². The van der Waals surface area contributed by atoms with Crippen molar-refractivity contribution in [3.05, 3.63) is 66.2 Å². The molecule has 3 heterocycles. The number of benzene rings is 1. The minimum atomic E-state index is 0.533. The topological polar surface area (TPSA) is 57.4 Å². The van der Waals surface area contributed by atoms with E-state index in [-0.39, 0.29) is 0 Å². The molecular formula is C21H18N2O3. The lowest BCUT2D eigenvalue weighted by atomic mass is 9.99. The summed E-state index contributed by atoms with van der Waals surface area (Å²) in [6.45, 7) is 4.03. The summed E-state index contributed by atoms with van der Waals surface area (Å²) in [5.41, 5.74) is 4.95. The van der Waals surface area contributed by atoms with Crippen molar-refractivity contribution in [2.24, 2.45) is 0 Å². The molecule has 0 amide bonds. The second-order valence-electron chi connectivity index (χ2n) is 6.01. The number of pyridine rings is 2. The SMILES string of the molecule is COc1ccc(-c2ccc(Oc3nccc4occc34)cc2C)c(C)n1. The van der Waals surface area contributed by atoms with Crippen LogP contribution in [0.4, 0.5) is 0 Å². The number of furan rings is 1. The van der Waals surface area contributed by atoms with Crippen molar-refractivity contribution < 1.29 is 13.9 Å². The molecule has 0 radical (unpaired) electrons. The highest BCUT2D eigenvalue weighted by molar-refractivity contribution is 5.82. The van der Waals surface area contributed by atoms with Crippen molar-refractivity contribution in [2.45, 2.75) is 13.8 Å². The minimum absolute atomic E-state index is 0.533. The van der Waals surface area contributed by atoms with Crippen LogP contribution in [0, 0.1) is 13.8 Å². The zero-order chi connectivity index (χ0) is 18.1. The van der Waals surface area contributed by atoms with Gasteiger partial charge in [0, 0.05) is 23.5 Å². The molecule has 0 atom stereocenters. The molecule has 4 aromatic rings. The maximum absolute atomic E-state index is 5.98. The van der Waals surface area contributed by atoms with E-state index in [1.54, 1.807) is 19.6 Å². The molecule has 5 nitrogen and oxygen atoms in total. The van der Waals surface area contributed by atoms with E-state index in [0.717, 1.165) is 39.1 Å². The van der Waals surface area contributed by atoms with Gasteiger partial charge in [-0.15, -0.1) is 0 Å². The molecular weight excluding hydrogens is 328 g/mol. The summed E-state index contributed by atoms with van der Waals surface area (Å²) >= 11 is 0. The molecule has 0 aliphatic heterocycles. The quantitative estimate of drug-likeness (QED) is 0.501. The highest BCUT2D eigenvalue weighted by Gasteiger charge is 2.11. The first-order valence-electron chi connectivity index (χ1n) is 8.28. The zero-order valence-electron chi connectivity index (χ0n) is 14.8. The van der Waals surface area contributed by atoms with E-state index >= 15 is 0 Å². The smallest absolute Gasteiger partial charge is 0.230 e. The molecule has 26 heavy (non-hydrogen) atoms. The van der Waals surface area contributed by atoms with Crippen LogP contribution in [0.15, 0.2) is 59.3 Å². The Labute approximate surface area is 151 Å². The molecule has 1 aromatic carbocycles. The van der Waals surface area contributed by atoms with Gasteiger partial charge < -0.3 is 13.9 Å². The summed E-state index contributed by atoms with van der Waals surface area (Å²) in [5.74, 6) is 1.88. The molecule has 4 rings (SSSR count). The first-order chi connectivity index (χ1) is 12.7. The lowest BCUT2D eigenvalue weighted by molar-refractivity contribution is 0.397. The van der Waals surface area contributed by atoms with Crippen LogP contribution in [0.25, 0.3) is 22.1 Å². The molecule has 0 saturated carbocycles. The highest BCUT2D eigenvalue weighted by atomic mass is 16.5. The summed E-state index contributed by atoms with van der Waals surface area (Å²) in [4.78, 5) is 8.77. The van der Waals surface area contributed by atoms with Crippen LogP contribution in [0.1, 0.15) is 11.3 Å². The van der Waals surface area contributed by atoms with Crippen LogP contribution in [-0.4, -0.2) is 17.1 Å². The van der Waals surface area contributed by atoms with Crippen LogP contribution >= 0.6 is 0 Å². The Morgan fingerprint density at radius 3 is 2.58 bits per heavy atom. The number of fused-ring (bicyclic) bond motifs is 1. The third-order valence-electron chi connectivity index (χ3n) is 4.32. The molecule has 0 bridgehead atoms. The standard InChI is InChI=1S/C21H18N2O3/c1-13-12-15(26-21-18-9-11-25-19(18)8-10-22-21)4-5-16(13)17-6-7-20(24-3)23-14(17)2/h4-12H,1-3H3. The number of aryl methyl sites for hydroxylation is 2. The predicted molar refractivity (Wildman–Crippen MR) is 99.8 cm³/mol. The molecule has 5 heteroatoms. The van der Waals surface area contributed by atoms with E-state index in [0.29, 0.717) is 11.8 Å². The van der Waals surface area contributed by atoms with Crippen molar-refractivity contribution in [1.29, 1.82) is 0 Å². The van der Waals surface area contributed by atoms with Gasteiger partial charge in [-0.25, -0.2) is 9.97 Å². The van der Waals surface area contributed by atoms with Crippen molar-refractivity contribution in [2.75, 3.05) is 7.11 Å². The fraction of sp³-hybridized carbons (Fsp3) is 0.143. The van der Waals surface area contributed by atoms with Crippen molar-refractivity contribution in [1.82, 2.24) is 9.97 Å². The first-order valence-corrected chi connectivity index (χ1v) is 8.28. The Morgan fingerprint density at radius 1 is 0.962 bits per heavy atom. The van der Waals surface area contributed by atoms with Gasteiger partial charge in [0.25, 0.3) is 0 Å². The van der Waals surface area contributed by atoms with E-state index in [1.165, 1.54) is 0 Å². The normalized spacial score (nSPS) is 10.9. The van der Waals surface area contributed by atoms with Crippen molar-refractivity contribution in [3.63, 3.8) is 0 Å². The Hall–Kier alpha value is -3.34. The van der Waals surface area contributed by atoms with E-state index in [1.807, 2.05) is 49.4 Å². The average molecular weight is 346 g/mol. The number of hydrogen-bond acceptors (Lipinski definition) is 5. The number of hydrogen-bond donors (Lipinski definition) is 0. The molecule has 0 N–H and O–H groups in total. The summed E-state index contributed by atoms with van der Waals surface area (Å²) in [6, 6.07) is 13.5. The molecule has 3 aromatic heterocycles. The Morgan fingerprint density at radius 2 is 1.81 bits per heavy atom. The fourth-order valence-corrected chi connectivity index (χ4v) is 3.00. The van der Waals surface area contributed by atoms with Gasteiger partial charge in [0.1, 0.15) is 11.3 Å². The van der Waals surface area contributed by atoms with Crippen molar-refractivity contribution >= 4 is 11.0 Å². The maximum Gasteiger partial charge on any atom is 0.230 e. The molecule has 130 valence electrons. The third kappa shape index (κ3) is 2.88. The van der Waals surface area contributed by atoms with E-state index in [4.69, 9.17) is 13.9 Å². The fourth-order valence-electron chi connectivity index (χ4n) is 3.00. The Bertz CT molecular complexity index is 1090. The van der Waals surface area contributed by atoms with Gasteiger partial charge >= 0.3 is 0 Å². The minimum Gasteiger partial charge on any atom is -0.481 e. The number of aromatic nitrogens is 2. The first kappa shape index (κ1) is 16.1. The zero-order valence-corrected chi connectivity index (χ0v) is 14.8. The van der Waals surface area contributed by atoms with Gasteiger partial charge in [0.2, 0.25) is 11.8 Å². The Kier molecular flexibility index (Phi) is 4.05. The monoisotopic (exact) mass is 346 g/mol. The molecule has 0 fully saturated rings. The molecule has 0 spiro atoms. The number of nitrogens with zero attached hydrogens (tertiary/aromatic N) is 2. The van der Waals surface area contributed by atoms with Crippen LogP contribution in [-0.2, 0) is 0 Å². The molecule has 0 unspecified atom stereocenters. The number of rotatable bonds is 4. The van der Waals surface area contributed by atoms with Crippen LogP contribution < -0.4 is 9.47 Å². The average Bonchev–Trinajstić information content (AvgIpc) is 3.12. The van der Waals surface area contributed by atoms with Crippen LogP contribution in [0.2, 0.25) is 0 Å². The Balaban J connectivity index is 1.67. The molecule has 0 saturated heterocycles. The van der Waals surface area contributed by atoms with Gasteiger partial charge in [-0.3, -0.25) is 0 Å². The summed E-state index contributed by atoms with van der Waals surface area (Å²) < 4.78 is 16.6. The second kappa shape index (κ2) is 6.52. The summed E-state index contributed by atoms with van der Waals surface area (Å²) in [6.07, 6.45) is 3.31. The van der Waals surface area contributed by atoms with Gasteiger partial charge in [-0.2, -0.15) is 0 Å². The van der Waals surface area contributed by atoms with Crippen molar-refractivity contribution in [3.8, 4) is 28.6 Å². The van der Waals surface area contributed by atoms with Gasteiger partial charge in [-0.05, 0) is 55.3 Å². The highest BCUT2D eigenvalue weighted by Crippen LogP contribution is 2.33. The number of ether oxygens (including phenoxy) is 2. The maximum atomic E-state index is 5.98. The molecule has 0 aliphatic rings. The summed E-state index contributed by atoms with van der Waals surface area (Å²) in [7, 11) is 1.62. The second-order valence-corrected chi connectivity index (χ2v) is 6.01. The molecule has 0 aliphatic carbocycles. The predicted octanol–water partition coefficient (Wildman–Crippen LogP) is 5.31. The number of methoxy groups -OCH3 is 1. The largest absolute Gasteiger partial charge is 0.481 e. The van der Waals surface area contributed by atoms with Gasteiger partial charge in [0.05, 0.1) is 18.8 Å². The van der Waals surface area contributed by atoms with Gasteiger partial charge in [-0.1, -0.05) is 6.07 Å². The summed E-state index contributed by atoms with van der Waals surface area (Å²) in [5, 5.41) is 0.851. The third-order valence-corrected chi connectivity index (χ3v) is 4.32. The lowest BCUT2D eigenvalue weighted by Gasteiger charge is -2.12. The van der Waals surface area contributed by atoms with Crippen LogP contribution in [0.5, 0.6) is 17.5 Å². The van der Waals surface area contributed by atoms with Crippen LogP contribution in [0.3, 0.4) is 0 Å².